The molecule has 23 heavy (non-hydrogen) atoms. The molecule has 3 rings (SSSR count). The van der Waals surface area contributed by atoms with E-state index >= 15 is 0 Å². The molecule has 1 saturated heterocycles. The first-order valence-corrected chi connectivity index (χ1v) is 9.91. The summed E-state index contributed by atoms with van der Waals surface area (Å²) < 4.78 is 45.6. The first-order valence-electron chi connectivity index (χ1n) is 8.30. The molecule has 0 amide bonds. The van der Waals surface area contributed by atoms with Crippen molar-refractivity contribution < 1.29 is 17.5 Å². The standard InChI is InChI=1S/C17H24FNO3S/c1-19(23(20,21)12-10-16-3-2-11-22-16)17(13-4-5-13)14-6-8-15(18)9-7-14/h6-9,13,16-17H,2-5,10-12H2,1H3/t16-,17-/m0/s1. The maximum absolute atomic E-state index is 13.1. The summed E-state index contributed by atoms with van der Waals surface area (Å²) in [6, 6.07) is 6.01. The van der Waals surface area contributed by atoms with Crippen molar-refractivity contribution in [2.45, 2.75) is 44.2 Å². The Bertz CT molecular complexity index is 622. The summed E-state index contributed by atoms with van der Waals surface area (Å²) in [6.45, 7) is 0.737. The van der Waals surface area contributed by atoms with Crippen LogP contribution in [0.3, 0.4) is 0 Å². The van der Waals surface area contributed by atoms with Crippen LogP contribution in [-0.2, 0) is 14.8 Å². The first-order chi connectivity index (χ1) is 11.0. The molecule has 0 radical (unpaired) electrons. The van der Waals surface area contributed by atoms with Crippen LogP contribution >= 0.6 is 0 Å². The van der Waals surface area contributed by atoms with Gasteiger partial charge in [0.15, 0.2) is 0 Å². The lowest BCUT2D eigenvalue weighted by molar-refractivity contribution is 0.108. The maximum Gasteiger partial charge on any atom is 0.214 e. The minimum atomic E-state index is -3.35. The minimum absolute atomic E-state index is 0.0726. The van der Waals surface area contributed by atoms with Crippen molar-refractivity contribution in [3.63, 3.8) is 0 Å². The van der Waals surface area contributed by atoms with Crippen LogP contribution in [0.25, 0.3) is 0 Å². The van der Waals surface area contributed by atoms with Gasteiger partial charge < -0.3 is 4.74 Å². The van der Waals surface area contributed by atoms with E-state index < -0.39 is 10.0 Å². The quantitative estimate of drug-likeness (QED) is 0.765. The summed E-state index contributed by atoms with van der Waals surface area (Å²) in [5.74, 6) is 0.147. The summed E-state index contributed by atoms with van der Waals surface area (Å²) in [6.07, 6.45) is 4.63. The van der Waals surface area contributed by atoms with Gasteiger partial charge in [-0.25, -0.2) is 12.8 Å². The average Bonchev–Trinajstić information content (AvgIpc) is 3.21. The van der Waals surface area contributed by atoms with Crippen molar-refractivity contribution in [3.05, 3.63) is 35.6 Å². The fourth-order valence-corrected chi connectivity index (χ4v) is 4.81. The molecule has 2 aliphatic rings. The van der Waals surface area contributed by atoms with Crippen LogP contribution in [0.1, 0.15) is 43.7 Å². The fourth-order valence-electron chi connectivity index (χ4n) is 3.32. The Morgan fingerprint density at radius 2 is 1.96 bits per heavy atom. The molecule has 0 unspecified atom stereocenters. The lowest BCUT2D eigenvalue weighted by Gasteiger charge is -2.28. The number of ether oxygens (including phenoxy) is 1. The van der Waals surface area contributed by atoms with Crippen LogP contribution in [0.5, 0.6) is 0 Å². The molecule has 1 aliphatic heterocycles. The van der Waals surface area contributed by atoms with E-state index in [-0.39, 0.29) is 23.7 Å². The Hall–Kier alpha value is -0.980. The van der Waals surface area contributed by atoms with Gasteiger partial charge in [-0.1, -0.05) is 12.1 Å². The van der Waals surface area contributed by atoms with Crippen LogP contribution in [0.2, 0.25) is 0 Å². The van der Waals surface area contributed by atoms with Gasteiger partial charge in [-0.15, -0.1) is 0 Å². The van der Waals surface area contributed by atoms with E-state index in [4.69, 9.17) is 4.74 Å². The van der Waals surface area contributed by atoms with Crippen molar-refractivity contribution in [1.82, 2.24) is 4.31 Å². The molecular formula is C17H24FNO3S. The Kier molecular flexibility index (Phi) is 5.04. The van der Waals surface area contributed by atoms with E-state index in [1.807, 2.05) is 0 Å². The van der Waals surface area contributed by atoms with E-state index in [1.54, 1.807) is 19.2 Å². The predicted molar refractivity (Wildman–Crippen MR) is 87.0 cm³/mol. The van der Waals surface area contributed by atoms with Gasteiger partial charge in [-0.2, -0.15) is 4.31 Å². The van der Waals surface area contributed by atoms with Crippen LogP contribution in [-0.4, -0.2) is 38.2 Å². The highest BCUT2D eigenvalue weighted by Crippen LogP contribution is 2.45. The number of benzene rings is 1. The summed E-state index contributed by atoms with van der Waals surface area (Å²) in [5, 5.41) is 0. The molecule has 0 spiro atoms. The molecule has 4 nitrogen and oxygen atoms in total. The van der Waals surface area contributed by atoms with Gasteiger partial charge in [0.2, 0.25) is 10.0 Å². The van der Waals surface area contributed by atoms with E-state index in [0.717, 1.165) is 37.9 Å². The van der Waals surface area contributed by atoms with Crippen molar-refractivity contribution in [2.75, 3.05) is 19.4 Å². The highest BCUT2D eigenvalue weighted by Gasteiger charge is 2.39. The SMILES string of the molecule is CN([C@H](c1ccc(F)cc1)C1CC1)S(=O)(=O)CC[C@@H]1CCCO1. The Labute approximate surface area is 137 Å². The number of rotatable bonds is 7. The minimum Gasteiger partial charge on any atom is -0.378 e. The number of halogens is 1. The van der Waals surface area contributed by atoms with Crippen molar-refractivity contribution in [2.24, 2.45) is 5.92 Å². The molecule has 0 aromatic heterocycles. The first kappa shape index (κ1) is 16.9. The summed E-state index contributed by atoms with van der Waals surface area (Å²) in [7, 11) is -1.70. The second kappa shape index (κ2) is 6.87. The molecule has 1 heterocycles. The second-order valence-electron chi connectivity index (χ2n) is 6.59. The second-order valence-corrected chi connectivity index (χ2v) is 8.74. The zero-order valence-electron chi connectivity index (χ0n) is 13.4. The Morgan fingerprint density at radius 3 is 2.52 bits per heavy atom. The van der Waals surface area contributed by atoms with Crippen LogP contribution in [0.15, 0.2) is 24.3 Å². The van der Waals surface area contributed by atoms with E-state index in [2.05, 4.69) is 0 Å². The Balaban J connectivity index is 1.71. The van der Waals surface area contributed by atoms with Gasteiger partial charge >= 0.3 is 0 Å². The maximum atomic E-state index is 13.1. The number of sulfonamides is 1. The molecule has 1 aromatic carbocycles. The molecule has 1 saturated carbocycles. The van der Waals surface area contributed by atoms with Gasteiger partial charge in [-0.05, 0) is 55.7 Å². The lowest BCUT2D eigenvalue weighted by atomic mass is 10.0. The molecule has 128 valence electrons. The van der Waals surface area contributed by atoms with Crippen LogP contribution in [0, 0.1) is 11.7 Å². The van der Waals surface area contributed by atoms with Crippen LogP contribution in [0.4, 0.5) is 4.39 Å². The predicted octanol–water partition coefficient (Wildman–Crippen LogP) is 3.11. The highest BCUT2D eigenvalue weighted by atomic mass is 32.2. The normalized spacial score (nSPS) is 23.3. The monoisotopic (exact) mass is 341 g/mol. The van der Waals surface area contributed by atoms with Gasteiger partial charge in [0.25, 0.3) is 0 Å². The van der Waals surface area contributed by atoms with Crippen molar-refractivity contribution >= 4 is 10.0 Å². The zero-order chi connectivity index (χ0) is 16.4. The average molecular weight is 341 g/mol. The molecule has 1 aromatic rings. The third-order valence-corrected chi connectivity index (χ3v) is 6.69. The molecular weight excluding hydrogens is 317 g/mol. The van der Waals surface area contributed by atoms with E-state index in [9.17, 15) is 12.8 Å². The third kappa shape index (κ3) is 4.11. The summed E-state index contributed by atoms with van der Waals surface area (Å²) in [4.78, 5) is 0. The van der Waals surface area contributed by atoms with Gasteiger partial charge in [0, 0.05) is 13.7 Å². The smallest absolute Gasteiger partial charge is 0.214 e. The number of nitrogens with zero attached hydrogens (tertiary/aromatic N) is 1. The van der Waals surface area contributed by atoms with Gasteiger partial charge in [0.05, 0.1) is 17.9 Å². The highest BCUT2D eigenvalue weighted by molar-refractivity contribution is 7.89. The number of hydrogen-bond acceptors (Lipinski definition) is 3. The summed E-state index contributed by atoms with van der Waals surface area (Å²) >= 11 is 0. The molecule has 2 fully saturated rings. The lowest BCUT2D eigenvalue weighted by Crippen LogP contribution is -2.35. The largest absolute Gasteiger partial charge is 0.378 e. The van der Waals surface area contributed by atoms with Gasteiger partial charge in [0.1, 0.15) is 5.82 Å². The van der Waals surface area contributed by atoms with Crippen LogP contribution < -0.4 is 0 Å². The third-order valence-electron chi connectivity index (χ3n) is 4.83. The molecule has 1 aliphatic carbocycles. The topological polar surface area (TPSA) is 46.6 Å². The summed E-state index contributed by atoms with van der Waals surface area (Å²) in [5.41, 5.74) is 0.872. The Morgan fingerprint density at radius 1 is 1.26 bits per heavy atom. The fraction of sp³-hybridized carbons (Fsp3) is 0.647. The molecule has 2 atom stereocenters. The van der Waals surface area contributed by atoms with Crippen molar-refractivity contribution in [3.8, 4) is 0 Å². The van der Waals surface area contributed by atoms with Crippen molar-refractivity contribution in [1.29, 1.82) is 0 Å². The molecule has 0 bridgehead atoms. The molecule has 0 N–H and O–H groups in total. The zero-order valence-corrected chi connectivity index (χ0v) is 14.3. The van der Waals surface area contributed by atoms with Gasteiger partial charge in [-0.3, -0.25) is 0 Å². The van der Waals surface area contributed by atoms with E-state index in [1.165, 1.54) is 16.4 Å². The molecule has 6 heteroatoms. The van der Waals surface area contributed by atoms with E-state index in [0.29, 0.717) is 12.3 Å². The number of hydrogen-bond donors (Lipinski definition) is 0.